The van der Waals surface area contributed by atoms with Crippen LogP contribution in [0.2, 0.25) is 5.02 Å². The standard InChI is InChI=1S/C24H15ClO4/c25-18-12-9-16(10-13-18)11-14-20(26)19-6-2-4-8-22(19)29-24(27)23-15-17-5-1-3-7-21(17)28-23/h1-15H/b14-11+. The average Bonchev–Trinajstić information content (AvgIpc) is 3.18. The number of esters is 1. The predicted octanol–water partition coefficient (Wildman–Crippen LogP) is 6.20. The number of carbonyl (C=O) groups excluding carboxylic acids is 2. The van der Waals surface area contributed by atoms with Gasteiger partial charge in [-0.3, -0.25) is 4.79 Å². The number of furan rings is 1. The van der Waals surface area contributed by atoms with Crippen molar-refractivity contribution in [1.82, 2.24) is 0 Å². The second-order valence-electron chi connectivity index (χ2n) is 6.28. The first-order chi connectivity index (χ1) is 14.1. The van der Waals surface area contributed by atoms with Gasteiger partial charge in [-0.25, -0.2) is 4.79 Å². The minimum Gasteiger partial charge on any atom is -0.449 e. The lowest BCUT2D eigenvalue weighted by Crippen LogP contribution is -2.10. The molecule has 0 amide bonds. The van der Waals surface area contributed by atoms with E-state index in [4.69, 9.17) is 20.8 Å². The Labute approximate surface area is 172 Å². The molecule has 142 valence electrons. The number of ketones is 1. The molecule has 4 nitrogen and oxygen atoms in total. The fourth-order valence-electron chi connectivity index (χ4n) is 2.83. The molecule has 0 aliphatic rings. The molecule has 3 aromatic carbocycles. The average molecular weight is 403 g/mol. The Bertz CT molecular complexity index is 1190. The summed E-state index contributed by atoms with van der Waals surface area (Å²) in [5.74, 6) is -0.704. The number of allylic oxidation sites excluding steroid dienone is 1. The van der Waals surface area contributed by atoms with Crippen LogP contribution in [0.5, 0.6) is 5.75 Å². The molecule has 0 saturated heterocycles. The number of para-hydroxylation sites is 2. The van der Waals surface area contributed by atoms with E-state index in [9.17, 15) is 9.59 Å². The molecule has 1 heterocycles. The van der Waals surface area contributed by atoms with Crippen LogP contribution >= 0.6 is 11.6 Å². The van der Waals surface area contributed by atoms with Gasteiger partial charge in [0, 0.05) is 10.4 Å². The second kappa shape index (κ2) is 8.17. The van der Waals surface area contributed by atoms with Gasteiger partial charge in [0.05, 0.1) is 5.56 Å². The smallest absolute Gasteiger partial charge is 0.379 e. The first-order valence-electron chi connectivity index (χ1n) is 8.88. The van der Waals surface area contributed by atoms with Crippen molar-refractivity contribution in [2.75, 3.05) is 0 Å². The molecule has 0 radical (unpaired) electrons. The third-order valence-electron chi connectivity index (χ3n) is 4.28. The molecule has 0 fully saturated rings. The van der Waals surface area contributed by atoms with Crippen molar-refractivity contribution < 1.29 is 18.7 Å². The molecule has 0 spiro atoms. The van der Waals surface area contributed by atoms with Gasteiger partial charge in [0.25, 0.3) is 0 Å². The molecule has 0 aliphatic carbocycles. The molecule has 4 aromatic rings. The summed E-state index contributed by atoms with van der Waals surface area (Å²) < 4.78 is 11.0. The topological polar surface area (TPSA) is 56.5 Å². The maximum Gasteiger partial charge on any atom is 0.379 e. The second-order valence-corrected chi connectivity index (χ2v) is 6.72. The monoisotopic (exact) mass is 402 g/mol. The lowest BCUT2D eigenvalue weighted by Gasteiger charge is -2.06. The number of carbonyl (C=O) groups is 2. The van der Waals surface area contributed by atoms with E-state index in [0.29, 0.717) is 10.6 Å². The molecule has 0 unspecified atom stereocenters. The minimum absolute atomic E-state index is 0.0742. The van der Waals surface area contributed by atoms with E-state index in [0.717, 1.165) is 10.9 Å². The van der Waals surface area contributed by atoms with Gasteiger partial charge in [0.15, 0.2) is 5.78 Å². The molecular weight excluding hydrogens is 388 g/mol. The summed E-state index contributed by atoms with van der Waals surface area (Å²) in [6.45, 7) is 0. The van der Waals surface area contributed by atoms with Gasteiger partial charge in [-0.2, -0.15) is 0 Å². The van der Waals surface area contributed by atoms with Crippen molar-refractivity contribution in [2.45, 2.75) is 0 Å². The van der Waals surface area contributed by atoms with Crippen molar-refractivity contribution >= 4 is 40.4 Å². The number of fused-ring (bicyclic) bond motifs is 1. The maximum atomic E-state index is 12.6. The molecule has 1 aromatic heterocycles. The van der Waals surface area contributed by atoms with Gasteiger partial charge in [-0.05, 0) is 48.0 Å². The van der Waals surface area contributed by atoms with E-state index in [2.05, 4.69) is 0 Å². The van der Waals surface area contributed by atoms with E-state index >= 15 is 0 Å². The van der Waals surface area contributed by atoms with E-state index in [1.807, 2.05) is 18.2 Å². The third-order valence-corrected chi connectivity index (χ3v) is 4.53. The van der Waals surface area contributed by atoms with Crippen LogP contribution in [0.15, 0.2) is 89.4 Å². The molecule has 0 N–H and O–H groups in total. The van der Waals surface area contributed by atoms with Gasteiger partial charge in [-0.1, -0.05) is 60.1 Å². The molecule has 0 bridgehead atoms. The zero-order valence-corrected chi connectivity index (χ0v) is 15.9. The Balaban J connectivity index is 1.55. The van der Waals surface area contributed by atoms with Crippen LogP contribution in [0.3, 0.4) is 0 Å². The summed E-state index contributed by atoms with van der Waals surface area (Å²) >= 11 is 5.87. The molecule has 29 heavy (non-hydrogen) atoms. The van der Waals surface area contributed by atoms with Crippen molar-refractivity contribution in [1.29, 1.82) is 0 Å². The van der Waals surface area contributed by atoms with E-state index in [-0.39, 0.29) is 22.9 Å². The Morgan fingerprint density at radius 2 is 1.62 bits per heavy atom. The highest BCUT2D eigenvalue weighted by Crippen LogP contribution is 2.24. The maximum absolute atomic E-state index is 12.6. The van der Waals surface area contributed by atoms with Gasteiger partial charge in [0.1, 0.15) is 11.3 Å². The number of hydrogen-bond acceptors (Lipinski definition) is 4. The summed E-state index contributed by atoms with van der Waals surface area (Å²) in [7, 11) is 0. The number of hydrogen-bond donors (Lipinski definition) is 0. The van der Waals surface area contributed by atoms with E-state index in [1.165, 1.54) is 6.08 Å². The summed E-state index contributed by atoms with van der Waals surface area (Å²) in [5.41, 5.74) is 1.70. The summed E-state index contributed by atoms with van der Waals surface area (Å²) in [6.07, 6.45) is 3.10. The third kappa shape index (κ3) is 4.28. The van der Waals surface area contributed by atoms with Crippen LogP contribution in [0.1, 0.15) is 26.5 Å². The van der Waals surface area contributed by atoms with E-state index < -0.39 is 5.97 Å². The number of benzene rings is 3. The van der Waals surface area contributed by atoms with Crippen LogP contribution in [0.4, 0.5) is 0 Å². The summed E-state index contributed by atoms with van der Waals surface area (Å²) in [4.78, 5) is 25.1. The SMILES string of the molecule is O=C(Oc1ccccc1C(=O)/C=C/c1ccc(Cl)cc1)c1cc2ccccc2o1. The molecular formula is C24H15ClO4. The molecule has 0 saturated carbocycles. The Hall–Kier alpha value is -3.63. The lowest BCUT2D eigenvalue weighted by molar-refractivity contribution is 0.0702. The highest BCUT2D eigenvalue weighted by molar-refractivity contribution is 6.30. The minimum atomic E-state index is -0.664. The van der Waals surface area contributed by atoms with Crippen molar-refractivity contribution in [2.24, 2.45) is 0 Å². The van der Waals surface area contributed by atoms with Crippen LogP contribution in [0, 0.1) is 0 Å². The summed E-state index contributed by atoms with van der Waals surface area (Å²) in [5, 5.41) is 1.42. The Kier molecular flexibility index (Phi) is 5.27. The van der Waals surface area contributed by atoms with Gasteiger partial charge in [0.2, 0.25) is 5.76 Å². The summed E-state index contributed by atoms with van der Waals surface area (Å²) in [6, 6.07) is 22.6. The Morgan fingerprint density at radius 1 is 0.897 bits per heavy atom. The first kappa shape index (κ1) is 18.7. The number of halogens is 1. The number of rotatable bonds is 5. The molecule has 5 heteroatoms. The molecule has 4 rings (SSSR count). The normalized spacial score (nSPS) is 11.1. The van der Waals surface area contributed by atoms with E-state index in [1.54, 1.807) is 66.7 Å². The van der Waals surface area contributed by atoms with Crippen molar-refractivity contribution in [3.8, 4) is 5.75 Å². The zero-order chi connectivity index (χ0) is 20.2. The van der Waals surface area contributed by atoms with Crippen molar-refractivity contribution in [3.63, 3.8) is 0 Å². The van der Waals surface area contributed by atoms with Gasteiger partial charge in [-0.15, -0.1) is 0 Å². The highest BCUT2D eigenvalue weighted by Gasteiger charge is 2.18. The largest absolute Gasteiger partial charge is 0.449 e. The Morgan fingerprint density at radius 3 is 2.41 bits per heavy atom. The first-order valence-corrected chi connectivity index (χ1v) is 9.26. The predicted molar refractivity (Wildman–Crippen MR) is 112 cm³/mol. The van der Waals surface area contributed by atoms with Crippen molar-refractivity contribution in [3.05, 3.63) is 107 Å². The van der Waals surface area contributed by atoms with Crippen LogP contribution in [-0.2, 0) is 0 Å². The quantitative estimate of drug-likeness (QED) is 0.172. The lowest BCUT2D eigenvalue weighted by atomic mass is 10.1. The van der Waals surface area contributed by atoms with Gasteiger partial charge < -0.3 is 9.15 Å². The number of ether oxygens (including phenoxy) is 1. The fraction of sp³-hybridized carbons (Fsp3) is 0. The zero-order valence-electron chi connectivity index (χ0n) is 15.2. The highest BCUT2D eigenvalue weighted by atomic mass is 35.5. The molecule has 0 aliphatic heterocycles. The van der Waals surface area contributed by atoms with Gasteiger partial charge >= 0.3 is 5.97 Å². The fourth-order valence-corrected chi connectivity index (χ4v) is 2.95. The van der Waals surface area contributed by atoms with Crippen LogP contribution in [0.25, 0.3) is 17.0 Å². The van der Waals surface area contributed by atoms with Crippen LogP contribution in [-0.4, -0.2) is 11.8 Å². The molecule has 0 atom stereocenters. The van der Waals surface area contributed by atoms with Crippen LogP contribution < -0.4 is 4.74 Å².